The smallest absolute Gasteiger partial charge is 0.194 e. The third-order valence-corrected chi connectivity index (χ3v) is 6.78. The van der Waals surface area contributed by atoms with Crippen LogP contribution in [-0.4, -0.2) is 0 Å². The molecule has 0 aliphatic heterocycles. The van der Waals surface area contributed by atoms with Gasteiger partial charge >= 0.3 is 0 Å². The lowest BCUT2D eigenvalue weighted by molar-refractivity contribution is 0.157. The predicted molar refractivity (Wildman–Crippen MR) is 101 cm³/mol. The van der Waals surface area contributed by atoms with E-state index in [4.69, 9.17) is 0 Å². The van der Waals surface area contributed by atoms with Gasteiger partial charge in [-0.3, -0.25) is 0 Å². The molecule has 0 N–H and O–H groups in total. The monoisotopic (exact) mass is 364 g/mol. The second kappa shape index (κ2) is 9.10. The van der Waals surface area contributed by atoms with E-state index in [9.17, 15) is 13.2 Å². The van der Waals surface area contributed by atoms with Crippen LogP contribution in [0.5, 0.6) is 0 Å². The molecule has 0 radical (unpaired) electrons. The average Bonchev–Trinajstić information content (AvgIpc) is 2.67. The van der Waals surface area contributed by atoms with Crippen LogP contribution in [-0.2, 0) is 0 Å². The zero-order valence-electron chi connectivity index (χ0n) is 15.8. The molecule has 0 spiro atoms. The van der Waals surface area contributed by atoms with Gasteiger partial charge in [0.2, 0.25) is 0 Å². The number of hydrogen-bond donors (Lipinski definition) is 0. The minimum absolute atomic E-state index is 0.174. The molecule has 2 aliphatic carbocycles. The molecule has 1 aromatic carbocycles. The van der Waals surface area contributed by atoms with E-state index in [2.05, 4.69) is 19.1 Å². The predicted octanol–water partition coefficient (Wildman–Crippen LogP) is 7.54. The van der Waals surface area contributed by atoms with Gasteiger partial charge in [0.25, 0.3) is 0 Å². The number of allylic oxidation sites excluding steroid dienone is 2. The maximum absolute atomic E-state index is 13.5. The van der Waals surface area contributed by atoms with Crippen LogP contribution in [0.15, 0.2) is 24.3 Å². The van der Waals surface area contributed by atoms with Gasteiger partial charge in [-0.05, 0) is 99.7 Å². The maximum Gasteiger partial charge on any atom is 0.194 e. The minimum Gasteiger partial charge on any atom is -0.204 e. The topological polar surface area (TPSA) is 0 Å². The third kappa shape index (κ3) is 4.72. The Morgan fingerprint density at radius 1 is 0.846 bits per heavy atom. The van der Waals surface area contributed by atoms with Crippen LogP contribution in [0, 0.1) is 35.2 Å². The highest BCUT2D eigenvalue weighted by Gasteiger charge is 2.31. The van der Waals surface area contributed by atoms with Gasteiger partial charge in [0, 0.05) is 0 Å². The highest BCUT2D eigenvalue weighted by Crippen LogP contribution is 2.44. The summed E-state index contributed by atoms with van der Waals surface area (Å²) >= 11 is 0. The van der Waals surface area contributed by atoms with Crippen molar-refractivity contribution in [2.24, 2.45) is 17.8 Å². The standard InChI is InChI=1S/C23H31F3/c1-2-3-4-5-16-6-8-17(9-7-16)18-10-12-19(13-11-18)20-14-21(24)23(26)22(25)15-20/h2-3,14-19H,4-13H2,1H3. The molecule has 3 rings (SSSR count). The summed E-state index contributed by atoms with van der Waals surface area (Å²) in [5, 5.41) is 0. The lowest BCUT2D eigenvalue weighted by Crippen LogP contribution is -2.25. The number of rotatable bonds is 5. The van der Waals surface area contributed by atoms with Crippen molar-refractivity contribution in [2.75, 3.05) is 0 Å². The minimum atomic E-state index is -1.35. The van der Waals surface area contributed by atoms with Gasteiger partial charge in [-0.1, -0.05) is 25.0 Å². The largest absolute Gasteiger partial charge is 0.204 e. The van der Waals surface area contributed by atoms with Crippen LogP contribution < -0.4 is 0 Å². The van der Waals surface area contributed by atoms with Gasteiger partial charge in [-0.2, -0.15) is 0 Å². The van der Waals surface area contributed by atoms with Crippen LogP contribution in [0.4, 0.5) is 13.2 Å². The summed E-state index contributed by atoms with van der Waals surface area (Å²) in [7, 11) is 0. The molecular formula is C23H31F3. The van der Waals surface area contributed by atoms with E-state index in [1.54, 1.807) is 0 Å². The van der Waals surface area contributed by atoms with E-state index >= 15 is 0 Å². The van der Waals surface area contributed by atoms with Gasteiger partial charge in [-0.25, -0.2) is 13.2 Å². The summed E-state index contributed by atoms with van der Waals surface area (Å²) in [6, 6.07) is 2.39. The Balaban J connectivity index is 1.47. The van der Waals surface area contributed by atoms with E-state index < -0.39 is 17.5 Å². The van der Waals surface area contributed by atoms with Crippen molar-refractivity contribution in [3.63, 3.8) is 0 Å². The van der Waals surface area contributed by atoms with E-state index in [0.717, 1.165) is 43.4 Å². The molecule has 2 aliphatic rings. The van der Waals surface area contributed by atoms with Crippen LogP contribution in [0.2, 0.25) is 0 Å². The summed E-state index contributed by atoms with van der Waals surface area (Å²) in [6.45, 7) is 2.09. The van der Waals surface area contributed by atoms with E-state index in [-0.39, 0.29) is 5.92 Å². The van der Waals surface area contributed by atoms with Crippen LogP contribution in [0.1, 0.15) is 82.6 Å². The summed E-state index contributed by atoms with van der Waals surface area (Å²) in [4.78, 5) is 0. The summed E-state index contributed by atoms with van der Waals surface area (Å²) < 4.78 is 40.1. The van der Waals surface area contributed by atoms with Crippen LogP contribution >= 0.6 is 0 Å². The van der Waals surface area contributed by atoms with Gasteiger partial charge in [0.1, 0.15) is 0 Å². The first-order valence-corrected chi connectivity index (χ1v) is 10.3. The van der Waals surface area contributed by atoms with E-state index in [1.807, 2.05) is 0 Å². The van der Waals surface area contributed by atoms with Gasteiger partial charge in [0.05, 0.1) is 0 Å². The van der Waals surface area contributed by atoms with Crippen LogP contribution in [0.3, 0.4) is 0 Å². The highest BCUT2D eigenvalue weighted by atomic mass is 19.2. The zero-order valence-corrected chi connectivity index (χ0v) is 15.8. The Kier molecular flexibility index (Phi) is 6.83. The number of benzene rings is 1. The Morgan fingerprint density at radius 3 is 1.92 bits per heavy atom. The quantitative estimate of drug-likeness (QED) is 0.374. The Hall–Kier alpha value is -1.25. The van der Waals surface area contributed by atoms with Crippen molar-refractivity contribution in [3.05, 3.63) is 47.3 Å². The molecule has 0 unspecified atom stereocenters. The van der Waals surface area contributed by atoms with Gasteiger partial charge in [-0.15, -0.1) is 0 Å². The Bertz CT molecular complexity index is 583. The average molecular weight is 364 g/mol. The first-order valence-electron chi connectivity index (χ1n) is 10.3. The SMILES string of the molecule is CC=CCCC1CCC(C2CCC(c3cc(F)c(F)c(F)c3)CC2)CC1. The zero-order chi connectivity index (χ0) is 18.5. The Morgan fingerprint density at radius 2 is 1.38 bits per heavy atom. The molecular weight excluding hydrogens is 333 g/mol. The maximum atomic E-state index is 13.5. The fraction of sp³-hybridized carbons (Fsp3) is 0.652. The molecule has 0 nitrogen and oxygen atoms in total. The molecule has 0 aromatic heterocycles. The fourth-order valence-corrected chi connectivity index (χ4v) is 5.18. The molecule has 0 amide bonds. The summed E-state index contributed by atoms with van der Waals surface area (Å²) in [6.07, 6.45) is 16.6. The van der Waals surface area contributed by atoms with Crippen LogP contribution in [0.25, 0.3) is 0 Å². The molecule has 0 heterocycles. The highest BCUT2D eigenvalue weighted by molar-refractivity contribution is 5.23. The number of halogens is 3. The van der Waals surface area contributed by atoms with Crippen molar-refractivity contribution in [1.82, 2.24) is 0 Å². The first kappa shape index (κ1) is 19.5. The normalized spacial score (nSPS) is 30.0. The van der Waals surface area contributed by atoms with Gasteiger partial charge in [0.15, 0.2) is 17.5 Å². The van der Waals surface area contributed by atoms with E-state index in [0.29, 0.717) is 5.56 Å². The van der Waals surface area contributed by atoms with E-state index in [1.165, 1.54) is 50.7 Å². The third-order valence-electron chi connectivity index (χ3n) is 6.78. The molecule has 26 heavy (non-hydrogen) atoms. The first-order chi connectivity index (χ1) is 12.6. The molecule has 0 atom stereocenters. The van der Waals surface area contributed by atoms with Crippen molar-refractivity contribution >= 4 is 0 Å². The molecule has 144 valence electrons. The number of hydrogen-bond acceptors (Lipinski definition) is 0. The lowest BCUT2D eigenvalue weighted by Gasteiger charge is -2.38. The molecule has 1 aromatic rings. The molecule has 2 saturated carbocycles. The molecule has 0 saturated heterocycles. The molecule has 0 bridgehead atoms. The molecule has 2 fully saturated rings. The van der Waals surface area contributed by atoms with Crippen molar-refractivity contribution in [2.45, 2.75) is 77.0 Å². The van der Waals surface area contributed by atoms with Crippen molar-refractivity contribution < 1.29 is 13.2 Å². The van der Waals surface area contributed by atoms with Crippen molar-refractivity contribution in [1.29, 1.82) is 0 Å². The summed E-state index contributed by atoms with van der Waals surface area (Å²) in [5.41, 5.74) is 0.632. The lowest BCUT2D eigenvalue weighted by atomic mass is 9.68. The second-order valence-electron chi connectivity index (χ2n) is 8.34. The molecule has 3 heteroatoms. The summed E-state index contributed by atoms with van der Waals surface area (Å²) in [5.74, 6) is -0.809. The van der Waals surface area contributed by atoms with Crippen molar-refractivity contribution in [3.8, 4) is 0 Å². The Labute approximate surface area is 155 Å². The second-order valence-corrected chi connectivity index (χ2v) is 8.34. The fourth-order valence-electron chi connectivity index (χ4n) is 5.18. The van der Waals surface area contributed by atoms with Gasteiger partial charge < -0.3 is 0 Å².